The number of benzene rings is 1. The molecule has 0 unspecified atom stereocenters. The minimum atomic E-state index is 0. The van der Waals surface area contributed by atoms with Gasteiger partial charge in [0.05, 0.1) is 0 Å². The Kier molecular flexibility index (Phi) is 10.6. The summed E-state index contributed by atoms with van der Waals surface area (Å²) < 4.78 is 0. The van der Waals surface area contributed by atoms with E-state index in [0.717, 1.165) is 0 Å². The van der Waals surface area contributed by atoms with E-state index in [1.54, 1.807) is 0 Å². The monoisotopic (exact) mass is 336 g/mol. The molecular formula is C12H20Cl2Ru. The Morgan fingerprint density at radius 2 is 0.467 bits per heavy atom. The van der Waals surface area contributed by atoms with Gasteiger partial charge in [-0.2, -0.15) is 0 Å². The third-order valence-electron chi connectivity index (χ3n) is 3.38. The Balaban J connectivity index is -0.000000480. The van der Waals surface area contributed by atoms with E-state index in [1.165, 1.54) is 33.4 Å². The second-order valence-electron chi connectivity index (χ2n) is 3.75. The molecule has 0 spiro atoms. The molecular weight excluding hydrogens is 316 g/mol. The molecule has 0 N–H and O–H groups in total. The zero-order chi connectivity index (χ0) is 9.46. The van der Waals surface area contributed by atoms with E-state index in [4.69, 9.17) is 0 Å². The van der Waals surface area contributed by atoms with E-state index < -0.39 is 0 Å². The molecule has 0 atom stereocenters. The van der Waals surface area contributed by atoms with E-state index in [1.807, 2.05) is 0 Å². The third kappa shape index (κ3) is 3.73. The number of hydrogen-bond acceptors (Lipinski definition) is 0. The van der Waals surface area contributed by atoms with Crippen molar-refractivity contribution in [2.75, 3.05) is 0 Å². The number of hydrogen-bond donors (Lipinski definition) is 0. The number of halogens is 2. The smallest absolute Gasteiger partial charge is 0 e. The zero-order valence-corrected chi connectivity index (χ0v) is 13.5. The number of rotatable bonds is 0. The van der Waals surface area contributed by atoms with Crippen molar-refractivity contribution in [2.45, 2.75) is 41.5 Å². The Hall–Kier alpha value is 0.423. The van der Waals surface area contributed by atoms with Crippen molar-refractivity contribution in [2.24, 2.45) is 0 Å². The van der Waals surface area contributed by atoms with Crippen LogP contribution in [0.3, 0.4) is 0 Å². The largest absolute Gasteiger partial charge is 0.147 e. The second-order valence-corrected chi connectivity index (χ2v) is 3.75. The first-order valence-electron chi connectivity index (χ1n) is 4.50. The molecule has 0 aliphatic carbocycles. The molecule has 0 radical (unpaired) electrons. The molecule has 1 aromatic carbocycles. The van der Waals surface area contributed by atoms with Crippen LogP contribution in [0.5, 0.6) is 0 Å². The fourth-order valence-electron chi connectivity index (χ4n) is 1.69. The van der Waals surface area contributed by atoms with Gasteiger partial charge in [-0.3, -0.25) is 0 Å². The van der Waals surface area contributed by atoms with Crippen LogP contribution in [0.4, 0.5) is 0 Å². The van der Waals surface area contributed by atoms with Crippen LogP contribution in [0.25, 0.3) is 0 Å². The van der Waals surface area contributed by atoms with E-state index in [-0.39, 0.29) is 44.3 Å². The molecule has 0 nitrogen and oxygen atoms in total. The molecule has 0 aliphatic heterocycles. The molecule has 0 bridgehead atoms. The van der Waals surface area contributed by atoms with Crippen LogP contribution in [0.1, 0.15) is 33.4 Å². The van der Waals surface area contributed by atoms with Crippen LogP contribution in [0, 0.1) is 41.5 Å². The summed E-state index contributed by atoms with van der Waals surface area (Å²) in [7, 11) is 0. The predicted molar refractivity (Wildman–Crippen MR) is 69.4 cm³/mol. The molecule has 0 aromatic heterocycles. The van der Waals surface area contributed by atoms with Gasteiger partial charge in [0.15, 0.2) is 0 Å². The van der Waals surface area contributed by atoms with Gasteiger partial charge in [0.1, 0.15) is 0 Å². The molecule has 1 aromatic rings. The molecule has 0 saturated heterocycles. The van der Waals surface area contributed by atoms with E-state index >= 15 is 0 Å². The van der Waals surface area contributed by atoms with Gasteiger partial charge < -0.3 is 0 Å². The van der Waals surface area contributed by atoms with Gasteiger partial charge in [-0.05, 0) is 74.9 Å². The minimum absolute atomic E-state index is 0. The zero-order valence-electron chi connectivity index (χ0n) is 10.2. The van der Waals surface area contributed by atoms with Gasteiger partial charge in [-0.15, -0.1) is 24.8 Å². The predicted octanol–water partition coefficient (Wildman–Crippen LogP) is 4.38. The molecule has 0 fully saturated rings. The summed E-state index contributed by atoms with van der Waals surface area (Å²) in [5.41, 5.74) is 8.73. The van der Waals surface area contributed by atoms with Crippen LogP contribution in [-0.2, 0) is 19.5 Å². The van der Waals surface area contributed by atoms with Crippen molar-refractivity contribution < 1.29 is 19.5 Å². The molecule has 3 heteroatoms. The van der Waals surface area contributed by atoms with Crippen molar-refractivity contribution in [1.29, 1.82) is 0 Å². The Morgan fingerprint density at radius 1 is 0.400 bits per heavy atom. The van der Waals surface area contributed by atoms with E-state index in [9.17, 15) is 0 Å². The summed E-state index contributed by atoms with van der Waals surface area (Å²) in [5.74, 6) is 0. The Morgan fingerprint density at radius 3 is 0.533 bits per heavy atom. The van der Waals surface area contributed by atoms with E-state index in [2.05, 4.69) is 41.5 Å². The molecule has 0 aliphatic rings. The quantitative estimate of drug-likeness (QED) is 0.617. The van der Waals surface area contributed by atoms with Crippen LogP contribution in [0.15, 0.2) is 0 Å². The third-order valence-corrected chi connectivity index (χ3v) is 3.38. The first-order valence-corrected chi connectivity index (χ1v) is 4.50. The summed E-state index contributed by atoms with van der Waals surface area (Å²) in [4.78, 5) is 0. The summed E-state index contributed by atoms with van der Waals surface area (Å²) in [6.07, 6.45) is 0. The van der Waals surface area contributed by atoms with Gasteiger partial charge in [0.2, 0.25) is 0 Å². The normalized spacial score (nSPS) is 8.40. The van der Waals surface area contributed by atoms with Crippen molar-refractivity contribution in [1.82, 2.24) is 0 Å². The average Bonchev–Trinajstić information content (AvgIpc) is 2.08. The summed E-state index contributed by atoms with van der Waals surface area (Å²) in [6, 6.07) is 0. The summed E-state index contributed by atoms with van der Waals surface area (Å²) >= 11 is 0. The molecule has 15 heavy (non-hydrogen) atoms. The molecule has 0 amide bonds. The second kappa shape index (κ2) is 7.66. The Labute approximate surface area is 119 Å². The van der Waals surface area contributed by atoms with Crippen molar-refractivity contribution in [3.8, 4) is 0 Å². The summed E-state index contributed by atoms with van der Waals surface area (Å²) in [5, 5.41) is 0. The van der Waals surface area contributed by atoms with E-state index in [0.29, 0.717) is 0 Å². The molecule has 0 saturated carbocycles. The van der Waals surface area contributed by atoms with Crippen LogP contribution < -0.4 is 0 Å². The fourth-order valence-corrected chi connectivity index (χ4v) is 1.69. The summed E-state index contributed by atoms with van der Waals surface area (Å²) in [6.45, 7) is 13.3. The van der Waals surface area contributed by atoms with Crippen molar-refractivity contribution in [3.05, 3.63) is 33.4 Å². The van der Waals surface area contributed by atoms with Gasteiger partial charge in [0.25, 0.3) is 0 Å². The van der Waals surface area contributed by atoms with Gasteiger partial charge in [-0.25, -0.2) is 0 Å². The topological polar surface area (TPSA) is 0 Å². The van der Waals surface area contributed by atoms with Crippen LogP contribution >= 0.6 is 24.8 Å². The average molecular weight is 336 g/mol. The minimum Gasteiger partial charge on any atom is -0.147 e. The first kappa shape index (κ1) is 20.8. The standard InChI is InChI=1S/C12H18.2ClH.Ru/c1-7-8(2)10(4)12(6)11(5)9(7)3;;;/h1-6H3;2*1H;. The molecule has 0 heterocycles. The SMILES string of the molecule is Cc1c(C)c(C)c(C)c(C)c1C.Cl.Cl.[Ru]. The maximum Gasteiger partial charge on any atom is 0 e. The van der Waals surface area contributed by atoms with Gasteiger partial charge in [0, 0.05) is 19.5 Å². The molecule has 1 rings (SSSR count). The van der Waals surface area contributed by atoms with Crippen LogP contribution in [-0.4, -0.2) is 0 Å². The van der Waals surface area contributed by atoms with Crippen molar-refractivity contribution in [3.63, 3.8) is 0 Å². The Bertz CT molecular complexity index is 228. The van der Waals surface area contributed by atoms with Crippen molar-refractivity contribution >= 4 is 24.8 Å². The maximum atomic E-state index is 2.21. The first-order chi connectivity index (χ1) is 5.46. The maximum absolute atomic E-state index is 2.21. The van der Waals surface area contributed by atoms with Crippen LogP contribution in [0.2, 0.25) is 0 Å². The molecule has 90 valence electrons. The van der Waals surface area contributed by atoms with Gasteiger partial charge in [-0.1, -0.05) is 0 Å². The fraction of sp³-hybridized carbons (Fsp3) is 0.500. The van der Waals surface area contributed by atoms with Gasteiger partial charge >= 0.3 is 0 Å².